The van der Waals surface area contributed by atoms with Crippen LogP contribution in [0.1, 0.15) is 71.1 Å². The van der Waals surface area contributed by atoms with Crippen molar-refractivity contribution in [2.45, 2.75) is 71.1 Å². The van der Waals surface area contributed by atoms with E-state index < -0.39 is 0 Å². The molecule has 0 radical (unpaired) electrons. The monoisotopic (exact) mass is 413 g/mol. The molecule has 0 aromatic carbocycles. The maximum atomic E-state index is 3.18. The van der Waals surface area contributed by atoms with Gasteiger partial charge in [0.05, 0.1) is 20.6 Å². The van der Waals surface area contributed by atoms with E-state index in [4.69, 9.17) is 0 Å². The zero-order valence-corrected chi connectivity index (χ0v) is 16.6. The molecule has 0 aliphatic carbocycles. The molecule has 120 valence electrons. The van der Waals surface area contributed by atoms with Crippen molar-refractivity contribution in [2.24, 2.45) is 0 Å². The lowest BCUT2D eigenvalue weighted by atomic mass is 10.1. The SMILES string of the molecule is CCCCCCCCCCCC[N+](C)(C)CC#CI.[Cl-]. The molecule has 0 saturated heterocycles. The van der Waals surface area contributed by atoms with Gasteiger partial charge in [0.1, 0.15) is 6.54 Å². The molecule has 0 bridgehead atoms. The van der Waals surface area contributed by atoms with Crippen molar-refractivity contribution < 1.29 is 16.9 Å². The topological polar surface area (TPSA) is 0 Å². The Bertz CT molecular complexity index is 255. The number of unbranched alkanes of at least 4 members (excludes halogenated alkanes) is 9. The first kappa shape index (κ1) is 22.8. The van der Waals surface area contributed by atoms with Gasteiger partial charge in [-0.2, -0.15) is 0 Å². The normalized spacial score (nSPS) is 10.6. The molecule has 0 rings (SSSR count). The second-order valence-corrected chi connectivity index (χ2v) is 6.81. The van der Waals surface area contributed by atoms with Crippen molar-refractivity contribution in [3.05, 3.63) is 0 Å². The minimum atomic E-state index is 0. The van der Waals surface area contributed by atoms with Crippen LogP contribution in [0.3, 0.4) is 0 Å². The highest BCUT2D eigenvalue weighted by molar-refractivity contribution is 14.1. The van der Waals surface area contributed by atoms with E-state index in [0.29, 0.717) is 0 Å². The molecule has 20 heavy (non-hydrogen) atoms. The molecule has 0 aromatic rings. The van der Waals surface area contributed by atoms with Crippen LogP contribution in [0.4, 0.5) is 0 Å². The summed E-state index contributed by atoms with van der Waals surface area (Å²) < 4.78 is 4.02. The summed E-state index contributed by atoms with van der Waals surface area (Å²) in [6.07, 6.45) is 14.2. The van der Waals surface area contributed by atoms with E-state index in [-0.39, 0.29) is 12.4 Å². The minimum Gasteiger partial charge on any atom is -1.00 e. The van der Waals surface area contributed by atoms with Gasteiger partial charge in [-0.05, 0) is 22.7 Å². The summed E-state index contributed by atoms with van der Waals surface area (Å²) in [6.45, 7) is 4.54. The van der Waals surface area contributed by atoms with Crippen molar-refractivity contribution in [3.8, 4) is 9.85 Å². The highest BCUT2D eigenvalue weighted by Gasteiger charge is 2.11. The van der Waals surface area contributed by atoms with Crippen molar-refractivity contribution in [2.75, 3.05) is 27.2 Å². The molecule has 0 spiro atoms. The third-order valence-corrected chi connectivity index (χ3v) is 4.07. The second kappa shape index (κ2) is 15.9. The fourth-order valence-corrected chi connectivity index (χ4v) is 2.52. The molecule has 1 nitrogen and oxygen atoms in total. The molecule has 0 aliphatic rings. The molecular weight excluding hydrogens is 381 g/mol. The van der Waals surface area contributed by atoms with Gasteiger partial charge in [0, 0.05) is 22.6 Å². The van der Waals surface area contributed by atoms with Crippen molar-refractivity contribution in [1.29, 1.82) is 0 Å². The summed E-state index contributed by atoms with van der Waals surface area (Å²) >= 11 is 2.13. The van der Waals surface area contributed by atoms with Crippen LogP contribution >= 0.6 is 22.6 Å². The van der Waals surface area contributed by atoms with Crippen molar-refractivity contribution in [3.63, 3.8) is 0 Å². The predicted molar refractivity (Wildman–Crippen MR) is 95.5 cm³/mol. The lowest BCUT2D eigenvalue weighted by Gasteiger charge is -2.27. The van der Waals surface area contributed by atoms with Crippen LogP contribution < -0.4 is 12.4 Å². The van der Waals surface area contributed by atoms with Gasteiger partial charge in [-0.1, -0.05) is 58.3 Å². The Morgan fingerprint density at radius 3 is 1.70 bits per heavy atom. The number of nitrogens with zero attached hydrogens (tertiary/aromatic N) is 1. The quantitative estimate of drug-likeness (QED) is 0.199. The van der Waals surface area contributed by atoms with Crippen LogP contribution in [0.25, 0.3) is 0 Å². The molecule has 0 aliphatic heterocycles. The molecule has 0 amide bonds. The van der Waals surface area contributed by atoms with Crippen LogP contribution in [0.2, 0.25) is 0 Å². The summed E-state index contributed by atoms with van der Waals surface area (Å²) in [4.78, 5) is 0. The van der Waals surface area contributed by atoms with E-state index in [9.17, 15) is 0 Å². The summed E-state index contributed by atoms with van der Waals surface area (Å²) in [5.74, 6) is 3.18. The maximum Gasteiger partial charge on any atom is 0.141 e. The fourth-order valence-electron chi connectivity index (χ4n) is 2.35. The summed E-state index contributed by atoms with van der Waals surface area (Å²) in [5, 5.41) is 0. The highest BCUT2D eigenvalue weighted by Crippen LogP contribution is 2.11. The molecular formula is C17H33ClIN. The Hall–Kier alpha value is 0.540. The number of hydrogen-bond donors (Lipinski definition) is 0. The van der Waals surface area contributed by atoms with Gasteiger partial charge in [0.2, 0.25) is 0 Å². The average Bonchev–Trinajstić information content (AvgIpc) is 2.38. The standard InChI is InChI=1S/C17H33IN.ClH/c1-4-5-6-7-8-9-10-11-12-13-16-19(2,3)17-14-15-18;/h4-13,16-17H2,1-3H3;1H/q+1;/p-1. The van der Waals surface area contributed by atoms with Crippen molar-refractivity contribution in [1.82, 2.24) is 0 Å². The van der Waals surface area contributed by atoms with Gasteiger partial charge in [-0.25, -0.2) is 0 Å². The van der Waals surface area contributed by atoms with Crippen molar-refractivity contribution >= 4 is 22.6 Å². The summed E-state index contributed by atoms with van der Waals surface area (Å²) in [5.41, 5.74) is 0. The Balaban J connectivity index is 0. The maximum absolute atomic E-state index is 3.18. The molecule has 0 unspecified atom stereocenters. The zero-order chi connectivity index (χ0) is 14.4. The third kappa shape index (κ3) is 16.6. The number of halogens is 2. The average molecular weight is 414 g/mol. The molecule has 0 atom stereocenters. The van der Waals surface area contributed by atoms with Crippen LogP contribution in [-0.2, 0) is 0 Å². The lowest BCUT2D eigenvalue weighted by Crippen LogP contribution is -3.00. The number of quaternary nitrogens is 1. The van der Waals surface area contributed by atoms with Gasteiger partial charge < -0.3 is 16.9 Å². The predicted octanol–water partition coefficient (Wildman–Crippen LogP) is 2.38. The van der Waals surface area contributed by atoms with E-state index in [0.717, 1.165) is 11.0 Å². The van der Waals surface area contributed by atoms with Crippen LogP contribution in [-0.4, -0.2) is 31.7 Å². The molecule has 0 heterocycles. The number of hydrogen-bond acceptors (Lipinski definition) is 0. The molecule has 0 saturated carbocycles. The van der Waals surface area contributed by atoms with Crippen LogP contribution in [0.15, 0.2) is 0 Å². The van der Waals surface area contributed by atoms with Crippen LogP contribution in [0.5, 0.6) is 0 Å². The summed E-state index contributed by atoms with van der Waals surface area (Å²) in [7, 11) is 4.57. The van der Waals surface area contributed by atoms with E-state index in [1.165, 1.54) is 70.8 Å². The Morgan fingerprint density at radius 1 is 0.800 bits per heavy atom. The first-order chi connectivity index (χ1) is 9.12. The van der Waals surface area contributed by atoms with E-state index in [1.54, 1.807) is 0 Å². The fraction of sp³-hybridized carbons (Fsp3) is 0.882. The number of rotatable bonds is 12. The first-order valence-corrected chi connectivity index (χ1v) is 9.11. The molecule has 3 heteroatoms. The summed E-state index contributed by atoms with van der Waals surface area (Å²) in [6, 6.07) is 0. The largest absolute Gasteiger partial charge is 1.00 e. The minimum absolute atomic E-state index is 0. The second-order valence-electron chi connectivity index (χ2n) is 6.27. The smallest absolute Gasteiger partial charge is 0.141 e. The van der Waals surface area contributed by atoms with E-state index in [1.807, 2.05) is 0 Å². The Labute approximate surface area is 147 Å². The van der Waals surface area contributed by atoms with Gasteiger partial charge in [0.25, 0.3) is 0 Å². The first-order valence-electron chi connectivity index (χ1n) is 8.03. The lowest BCUT2D eigenvalue weighted by molar-refractivity contribution is -0.883. The molecule has 0 fully saturated rings. The third-order valence-electron chi connectivity index (χ3n) is 3.69. The zero-order valence-electron chi connectivity index (χ0n) is 13.7. The highest BCUT2D eigenvalue weighted by atomic mass is 127. The Kier molecular flexibility index (Phi) is 18.2. The van der Waals surface area contributed by atoms with Gasteiger partial charge in [-0.3, -0.25) is 0 Å². The molecule has 0 aromatic heterocycles. The van der Waals surface area contributed by atoms with E-state index in [2.05, 4.69) is 53.5 Å². The van der Waals surface area contributed by atoms with Crippen LogP contribution in [0, 0.1) is 9.85 Å². The van der Waals surface area contributed by atoms with Gasteiger partial charge in [-0.15, -0.1) is 0 Å². The molecule has 0 N–H and O–H groups in total. The van der Waals surface area contributed by atoms with Gasteiger partial charge in [0.15, 0.2) is 0 Å². The Morgan fingerprint density at radius 2 is 1.25 bits per heavy atom. The van der Waals surface area contributed by atoms with Gasteiger partial charge >= 0.3 is 0 Å². The van der Waals surface area contributed by atoms with E-state index >= 15 is 0 Å².